The first kappa shape index (κ1) is 11.7. The molecular formula is C12H17N5. The second-order valence-corrected chi connectivity index (χ2v) is 4.35. The Morgan fingerprint density at radius 1 is 1.35 bits per heavy atom. The van der Waals surface area contributed by atoms with Crippen LogP contribution in [0.2, 0.25) is 0 Å². The quantitative estimate of drug-likeness (QED) is 0.769. The molecule has 0 atom stereocenters. The average Bonchev–Trinajstić information content (AvgIpc) is 2.54. The van der Waals surface area contributed by atoms with Crippen LogP contribution in [0.3, 0.4) is 0 Å². The Morgan fingerprint density at radius 3 is 2.94 bits per heavy atom. The molecule has 1 saturated heterocycles. The molecular weight excluding hydrogens is 214 g/mol. The van der Waals surface area contributed by atoms with Gasteiger partial charge in [-0.15, -0.1) is 0 Å². The first-order chi connectivity index (χ1) is 8.22. The zero-order valence-corrected chi connectivity index (χ0v) is 10.1. The zero-order valence-electron chi connectivity index (χ0n) is 10.1. The fourth-order valence-electron chi connectivity index (χ4n) is 2.07. The summed E-state index contributed by atoms with van der Waals surface area (Å²) >= 11 is 0. The van der Waals surface area contributed by atoms with Crippen molar-refractivity contribution in [2.45, 2.75) is 6.42 Å². The van der Waals surface area contributed by atoms with Crippen LogP contribution in [0.5, 0.6) is 0 Å². The van der Waals surface area contributed by atoms with Gasteiger partial charge in [0.15, 0.2) is 5.82 Å². The number of hydrogen-bond donors (Lipinski definition) is 1. The maximum absolute atomic E-state index is 8.95. The predicted molar refractivity (Wildman–Crippen MR) is 67.7 cm³/mol. The first-order valence-electron chi connectivity index (χ1n) is 5.80. The van der Waals surface area contributed by atoms with Crippen LogP contribution >= 0.6 is 0 Å². The van der Waals surface area contributed by atoms with E-state index in [0.717, 1.165) is 38.4 Å². The Labute approximate surface area is 101 Å². The monoisotopic (exact) mass is 231 g/mol. The molecule has 0 aromatic carbocycles. The molecule has 1 aliphatic rings. The lowest BCUT2D eigenvalue weighted by Crippen LogP contribution is -2.30. The Balaban J connectivity index is 2.25. The van der Waals surface area contributed by atoms with E-state index in [1.807, 2.05) is 0 Å². The van der Waals surface area contributed by atoms with Crippen LogP contribution in [0.25, 0.3) is 0 Å². The summed E-state index contributed by atoms with van der Waals surface area (Å²) in [5.74, 6) is 0.749. The van der Waals surface area contributed by atoms with Gasteiger partial charge in [-0.25, -0.2) is 4.98 Å². The molecule has 2 heterocycles. The highest BCUT2D eigenvalue weighted by atomic mass is 15.2. The molecule has 0 radical (unpaired) electrons. The fraction of sp³-hybridized carbons (Fsp3) is 0.500. The molecule has 0 bridgehead atoms. The van der Waals surface area contributed by atoms with E-state index < -0.39 is 0 Å². The van der Waals surface area contributed by atoms with Gasteiger partial charge in [-0.2, -0.15) is 5.26 Å². The lowest BCUT2D eigenvalue weighted by molar-refractivity contribution is 0.360. The van der Waals surface area contributed by atoms with Gasteiger partial charge in [-0.3, -0.25) is 0 Å². The highest BCUT2D eigenvalue weighted by molar-refractivity contribution is 5.70. The van der Waals surface area contributed by atoms with Gasteiger partial charge in [0.1, 0.15) is 6.07 Å². The topological polar surface area (TPSA) is 69.2 Å². The molecule has 0 saturated carbocycles. The molecule has 0 unspecified atom stereocenters. The van der Waals surface area contributed by atoms with Crippen molar-refractivity contribution >= 4 is 11.5 Å². The maximum Gasteiger partial charge on any atom is 0.153 e. The van der Waals surface area contributed by atoms with Gasteiger partial charge in [0.2, 0.25) is 0 Å². The number of likely N-dealkylation sites (N-methyl/N-ethyl adjacent to an activating group) is 1. The van der Waals surface area contributed by atoms with E-state index in [4.69, 9.17) is 11.0 Å². The van der Waals surface area contributed by atoms with Crippen molar-refractivity contribution in [3.05, 3.63) is 17.8 Å². The minimum absolute atomic E-state index is 0.500. The molecule has 5 heteroatoms. The summed E-state index contributed by atoms with van der Waals surface area (Å²) in [6.07, 6.45) is 2.74. The van der Waals surface area contributed by atoms with Crippen LogP contribution in [0.15, 0.2) is 12.3 Å². The van der Waals surface area contributed by atoms with E-state index >= 15 is 0 Å². The second-order valence-electron chi connectivity index (χ2n) is 4.35. The number of nitrogen functional groups attached to an aromatic ring is 1. The summed E-state index contributed by atoms with van der Waals surface area (Å²) in [4.78, 5) is 8.77. The summed E-state index contributed by atoms with van der Waals surface area (Å²) in [6, 6.07) is 3.75. The normalized spacial score (nSPS) is 17.5. The standard InChI is InChI=1S/C12H17N5/c1-16-5-2-6-17(8-7-16)12-11(14)10(9-13)3-4-15-12/h3-4H,2,5-8,14H2,1H3. The molecule has 1 aromatic rings. The SMILES string of the molecule is CN1CCCN(c2nccc(C#N)c2N)CC1. The third-order valence-corrected chi connectivity index (χ3v) is 3.11. The molecule has 0 amide bonds. The van der Waals surface area contributed by atoms with Gasteiger partial charge in [0.25, 0.3) is 0 Å². The molecule has 2 rings (SSSR count). The van der Waals surface area contributed by atoms with E-state index in [0.29, 0.717) is 11.3 Å². The fourth-order valence-corrected chi connectivity index (χ4v) is 2.07. The summed E-state index contributed by atoms with van der Waals surface area (Å²) in [5.41, 5.74) is 6.98. The van der Waals surface area contributed by atoms with Crippen molar-refractivity contribution in [3.63, 3.8) is 0 Å². The van der Waals surface area contributed by atoms with Gasteiger partial charge in [-0.05, 0) is 26.1 Å². The van der Waals surface area contributed by atoms with Crippen molar-refractivity contribution < 1.29 is 0 Å². The van der Waals surface area contributed by atoms with Crippen LogP contribution in [-0.4, -0.2) is 43.1 Å². The molecule has 0 spiro atoms. The first-order valence-corrected chi connectivity index (χ1v) is 5.80. The Hall–Kier alpha value is -1.80. The number of nitrogens with two attached hydrogens (primary N) is 1. The molecule has 1 fully saturated rings. The van der Waals surface area contributed by atoms with E-state index in [2.05, 4.69) is 27.9 Å². The van der Waals surface area contributed by atoms with E-state index in [9.17, 15) is 0 Å². The third-order valence-electron chi connectivity index (χ3n) is 3.11. The maximum atomic E-state index is 8.95. The number of anilines is 2. The highest BCUT2D eigenvalue weighted by Gasteiger charge is 2.17. The summed E-state index contributed by atoms with van der Waals surface area (Å²) in [7, 11) is 2.12. The second kappa shape index (κ2) is 5.02. The van der Waals surface area contributed by atoms with Gasteiger partial charge < -0.3 is 15.5 Å². The van der Waals surface area contributed by atoms with Gasteiger partial charge in [-0.1, -0.05) is 0 Å². The molecule has 17 heavy (non-hydrogen) atoms. The molecule has 1 aromatic heterocycles. The molecule has 5 nitrogen and oxygen atoms in total. The highest BCUT2D eigenvalue weighted by Crippen LogP contribution is 2.24. The van der Waals surface area contributed by atoms with E-state index in [1.165, 1.54) is 0 Å². The van der Waals surface area contributed by atoms with Crippen molar-refractivity contribution in [2.75, 3.05) is 43.9 Å². The number of rotatable bonds is 1. The van der Waals surface area contributed by atoms with Crippen molar-refractivity contribution in [1.29, 1.82) is 5.26 Å². The number of nitrogens with zero attached hydrogens (tertiary/aromatic N) is 4. The minimum atomic E-state index is 0.500. The zero-order chi connectivity index (χ0) is 12.3. The number of hydrogen-bond acceptors (Lipinski definition) is 5. The van der Waals surface area contributed by atoms with Crippen LogP contribution in [0, 0.1) is 11.3 Å². The smallest absolute Gasteiger partial charge is 0.153 e. The number of nitriles is 1. The van der Waals surface area contributed by atoms with Crippen LogP contribution in [0.1, 0.15) is 12.0 Å². The minimum Gasteiger partial charge on any atom is -0.395 e. The van der Waals surface area contributed by atoms with Crippen molar-refractivity contribution in [1.82, 2.24) is 9.88 Å². The molecule has 0 aliphatic carbocycles. The molecule has 90 valence electrons. The average molecular weight is 231 g/mol. The van der Waals surface area contributed by atoms with Gasteiger partial charge in [0.05, 0.1) is 11.3 Å². The Bertz CT molecular complexity index is 437. The Kier molecular flexibility index (Phi) is 3.45. The van der Waals surface area contributed by atoms with E-state index in [-0.39, 0.29) is 0 Å². The molecule has 1 aliphatic heterocycles. The third kappa shape index (κ3) is 2.48. The van der Waals surface area contributed by atoms with Crippen LogP contribution in [-0.2, 0) is 0 Å². The predicted octanol–water partition coefficient (Wildman–Crippen LogP) is 0.677. The van der Waals surface area contributed by atoms with Crippen LogP contribution in [0.4, 0.5) is 11.5 Å². The van der Waals surface area contributed by atoms with Crippen LogP contribution < -0.4 is 10.6 Å². The van der Waals surface area contributed by atoms with E-state index in [1.54, 1.807) is 12.3 Å². The lowest BCUT2D eigenvalue weighted by Gasteiger charge is -2.23. The Morgan fingerprint density at radius 2 is 2.18 bits per heavy atom. The number of aromatic nitrogens is 1. The van der Waals surface area contributed by atoms with Gasteiger partial charge >= 0.3 is 0 Å². The summed E-state index contributed by atoms with van der Waals surface area (Å²) < 4.78 is 0. The lowest BCUT2D eigenvalue weighted by atomic mass is 10.2. The summed E-state index contributed by atoms with van der Waals surface area (Å²) in [5, 5.41) is 8.95. The largest absolute Gasteiger partial charge is 0.395 e. The van der Waals surface area contributed by atoms with Crippen molar-refractivity contribution in [2.24, 2.45) is 0 Å². The van der Waals surface area contributed by atoms with Gasteiger partial charge in [0, 0.05) is 25.8 Å². The number of pyridine rings is 1. The molecule has 2 N–H and O–H groups in total. The van der Waals surface area contributed by atoms with Crippen molar-refractivity contribution in [3.8, 4) is 6.07 Å². The summed E-state index contributed by atoms with van der Waals surface area (Å²) in [6.45, 7) is 3.94.